The molecule has 3 aromatic rings. The molecule has 0 unspecified atom stereocenters. The van der Waals surface area contributed by atoms with Crippen LogP contribution in [0.1, 0.15) is 21.7 Å². The lowest BCUT2D eigenvalue weighted by Crippen LogP contribution is -2.42. The zero-order valence-corrected chi connectivity index (χ0v) is 16.4. The fourth-order valence-corrected chi connectivity index (χ4v) is 3.37. The lowest BCUT2D eigenvalue weighted by molar-refractivity contribution is -0.122. The van der Waals surface area contributed by atoms with Crippen molar-refractivity contribution in [2.75, 3.05) is 6.54 Å². The molecule has 8 nitrogen and oxygen atoms in total. The number of fused-ring (bicyclic) bond motifs is 1. The second kappa shape index (κ2) is 8.50. The zero-order valence-electron chi connectivity index (χ0n) is 16.4. The zero-order chi connectivity index (χ0) is 22.0. The van der Waals surface area contributed by atoms with Gasteiger partial charge >= 0.3 is 5.69 Å². The fraction of sp³-hybridized carbons (Fsp3) is 0.238. The number of nitrogens with one attached hydrogen (secondary N) is 1. The third-order valence-corrected chi connectivity index (χ3v) is 4.95. The molecule has 1 aromatic heterocycles. The summed E-state index contributed by atoms with van der Waals surface area (Å²) in [5.41, 5.74) is 0.781. The van der Waals surface area contributed by atoms with Crippen molar-refractivity contribution in [3.8, 4) is 0 Å². The molecule has 31 heavy (non-hydrogen) atoms. The number of nitrogens with zero attached hydrogens (tertiary/aromatic N) is 4. The van der Waals surface area contributed by atoms with E-state index in [1.165, 1.54) is 33.7 Å². The maximum atomic E-state index is 13.4. The van der Waals surface area contributed by atoms with Crippen molar-refractivity contribution in [3.05, 3.63) is 87.6 Å². The van der Waals surface area contributed by atoms with Crippen molar-refractivity contribution in [1.82, 2.24) is 24.6 Å². The van der Waals surface area contributed by atoms with Crippen LogP contribution in [0.15, 0.2) is 53.3 Å². The number of halogens is 2. The van der Waals surface area contributed by atoms with Crippen LogP contribution in [0.5, 0.6) is 0 Å². The number of benzene rings is 2. The Labute approximate surface area is 175 Å². The molecule has 2 amide bonds. The minimum absolute atomic E-state index is 0.0565. The molecule has 0 saturated heterocycles. The van der Waals surface area contributed by atoms with E-state index in [0.717, 1.165) is 4.68 Å². The maximum absolute atomic E-state index is 13.4. The number of hydrogen-bond donors (Lipinski definition) is 1. The number of carbonyl (C=O) groups excluding carboxylic acids is 2. The van der Waals surface area contributed by atoms with Crippen LogP contribution in [-0.2, 0) is 31.0 Å². The summed E-state index contributed by atoms with van der Waals surface area (Å²) in [4.78, 5) is 39.0. The van der Waals surface area contributed by atoms with Gasteiger partial charge in [-0.15, -0.1) is 5.10 Å². The monoisotopic (exact) mass is 427 g/mol. The van der Waals surface area contributed by atoms with E-state index in [2.05, 4.69) is 10.4 Å². The quantitative estimate of drug-likeness (QED) is 0.642. The van der Waals surface area contributed by atoms with Crippen LogP contribution in [-0.4, -0.2) is 37.6 Å². The van der Waals surface area contributed by atoms with E-state index in [1.807, 2.05) is 0 Å². The first kappa shape index (κ1) is 20.5. The van der Waals surface area contributed by atoms with Gasteiger partial charge in [-0.2, -0.15) is 0 Å². The van der Waals surface area contributed by atoms with Gasteiger partial charge in [0.15, 0.2) is 0 Å². The molecule has 1 aliphatic heterocycles. The van der Waals surface area contributed by atoms with Crippen LogP contribution in [0.25, 0.3) is 0 Å². The first-order valence-corrected chi connectivity index (χ1v) is 9.63. The molecule has 2 aromatic carbocycles. The molecule has 0 spiro atoms. The molecule has 0 saturated carbocycles. The topological polar surface area (TPSA) is 89.2 Å². The minimum Gasteiger partial charge on any atom is -0.350 e. The Morgan fingerprint density at radius 2 is 1.77 bits per heavy atom. The average Bonchev–Trinajstić information content (AvgIpc) is 3.06. The van der Waals surface area contributed by atoms with Crippen molar-refractivity contribution < 1.29 is 18.4 Å². The smallest absolute Gasteiger partial charge is 0.346 e. The highest BCUT2D eigenvalue weighted by Crippen LogP contribution is 2.13. The summed E-state index contributed by atoms with van der Waals surface area (Å²) in [5, 5.41) is 6.67. The molecule has 4 rings (SSSR count). The summed E-state index contributed by atoms with van der Waals surface area (Å²) in [6.07, 6.45) is 0. The summed E-state index contributed by atoms with van der Waals surface area (Å²) in [7, 11) is 0. The molecule has 1 aliphatic rings. The largest absolute Gasteiger partial charge is 0.350 e. The van der Waals surface area contributed by atoms with E-state index >= 15 is 0 Å². The van der Waals surface area contributed by atoms with Gasteiger partial charge in [0.05, 0.1) is 0 Å². The van der Waals surface area contributed by atoms with E-state index in [0.29, 0.717) is 11.1 Å². The van der Waals surface area contributed by atoms with Gasteiger partial charge in [0.1, 0.15) is 18.2 Å². The molecular formula is C21H19F2N5O3. The van der Waals surface area contributed by atoms with Gasteiger partial charge < -0.3 is 10.2 Å². The second-order valence-corrected chi connectivity index (χ2v) is 7.18. The Balaban J connectivity index is 1.42. The summed E-state index contributed by atoms with van der Waals surface area (Å²) in [5.74, 6) is -1.75. The van der Waals surface area contributed by atoms with E-state index < -0.39 is 23.3 Å². The third kappa shape index (κ3) is 4.52. The van der Waals surface area contributed by atoms with Crippen molar-refractivity contribution in [2.24, 2.45) is 0 Å². The highest BCUT2D eigenvalue weighted by atomic mass is 19.1. The maximum Gasteiger partial charge on any atom is 0.346 e. The number of rotatable bonds is 6. The molecule has 0 atom stereocenters. The predicted octanol–water partition coefficient (Wildman–Crippen LogP) is 1.30. The predicted molar refractivity (Wildman–Crippen MR) is 106 cm³/mol. The molecule has 0 bridgehead atoms. The Morgan fingerprint density at radius 1 is 1.00 bits per heavy atom. The molecule has 0 radical (unpaired) electrons. The normalized spacial score (nSPS) is 13.2. The van der Waals surface area contributed by atoms with Gasteiger partial charge in [-0.25, -0.2) is 18.3 Å². The molecule has 160 valence electrons. The van der Waals surface area contributed by atoms with Crippen LogP contribution in [0.2, 0.25) is 0 Å². The Morgan fingerprint density at radius 3 is 2.52 bits per heavy atom. The second-order valence-electron chi connectivity index (χ2n) is 7.18. The summed E-state index contributed by atoms with van der Waals surface area (Å²) >= 11 is 0. The first-order chi connectivity index (χ1) is 14.9. The van der Waals surface area contributed by atoms with Gasteiger partial charge in [0.2, 0.25) is 11.7 Å². The standard InChI is InChI=1S/C21H19F2N5O3/c22-16-6-4-14(5-7-16)11-24-18(29)13-28-21(31)27-9-8-26(20(30)19(27)25-28)12-15-2-1-3-17(23)10-15/h1-7,10H,8-9,11-13H2,(H,24,29). The third-order valence-electron chi connectivity index (χ3n) is 4.95. The first-order valence-electron chi connectivity index (χ1n) is 9.63. The van der Waals surface area contributed by atoms with Gasteiger partial charge in [-0.05, 0) is 35.4 Å². The summed E-state index contributed by atoms with van der Waals surface area (Å²) < 4.78 is 28.5. The number of hydrogen-bond acceptors (Lipinski definition) is 4. The highest BCUT2D eigenvalue weighted by molar-refractivity contribution is 5.91. The van der Waals surface area contributed by atoms with E-state index in [1.54, 1.807) is 24.3 Å². The Kier molecular flexibility index (Phi) is 5.61. The van der Waals surface area contributed by atoms with Crippen LogP contribution >= 0.6 is 0 Å². The Hall–Kier alpha value is -3.82. The Bertz CT molecular complexity index is 1190. The van der Waals surface area contributed by atoms with Crippen LogP contribution < -0.4 is 11.0 Å². The van der Waals surface area contributed by atoms with Crippen LogP contribution in [0.3, 0.4) is 0 Å². The lowest BCUT2D eigenvalue weighted by atomic mass is 10.2. The highest BCUT2D eigenvalue weighted by Gasteiger charge is 2.30. The molecular weight excluding hydrogens is 408 g/mol. The van der Waals surface area contributed by atoms with E-state index in [4.69, 9.17) is 0 Å². The fourth-order valence-electron chi connectivity index (χ4n) is 3.37. The van der Waals surface area contributed by atoms with Crippen molar-refractivity contribution in [2.45, 2.75) is 26.2 Å². The SMILES string of the molecule is O=C(Cn1nc2n(c1=O)CCN(Cc1cccc(F)c1)C2=O)NCc1ccc(F)cc1. The van der Waals surface area contributed by atoms with Crippen LogP contribution in [0, 0.1) is 11.6 Å². The molecule has 0 aliphatic carbocycles. The van der Waals surface area contributed by atoms with Gasteiger partial charge in [0, 0.05) is 26.2 Å². The van der Waals surface area contributed by atoms with Gasteiger partial charge in [-0.3, -0.25) is 14.2 Å². The van der Waals surface area contributed by atoms with E-state index in [-0.39, 0.29) is 44.4 Å². The number of aromatic nitrogens is 3. The average molecular weight is 427 g/mol. The molecule has 1 N–H and O–H groups in total. The van der Waals surface area contributed by atoms with Gasteiger partial charge in [0.25, 0.3) is 5.91 Å². The van der Waals surface area contributed by atoms with Crippen LogP contribution in [0.4, 0.5) is 8.78 Å². The van der Waals surface area contributed by atoms with Gasteiger partial charge in [-0.1, -0.05) is 24.3 Å². The summed E-state index contributed by atoms with van der Waals surface area (Å²) in [6.45, 7) is 0.506. The van der Waals surface area contributed by atoms with E-state index in [9.17, 15) is 23.2 Å². The van der Waals surface area contributed by atoms with Crippen molar-refractivity contribution in [1.29, 1.82) is 0 Å². The number of carbonyl (C=O) groups is 2. The molecule has 0 fully saturated rings. The number of amides is 2. The lowest BCUT2D eigenvalue weighted by Gasteiger charge is -2.26. The van der Waals surface area contributed by atoms with Crippen molar-refractivity contribution in [3.63, 3.8) is 0 Å². The summed E-state index contributed by atoms with van der Waals surface area (Å²) in [6, 6.07) is 11.6. The molecule has 10 heteroatoms. The van der Waals surface area contributed by atoms with Crippen molar-refractivity contribution >= 4 is 11.8 Å². The minimum atomic E-state index is -0.550. The molecule has 2 heterocycles.